The molecule has 1 nitrogen and oxygen atoms in total. The van der Waals surface area contributed by atoms with Crippen LogP contribution in [0.15, 0.2) is 54.6 Å². The van der Waals surface area contributed by atoms with Gasteiger partial charge in [0.25, 0.3) is 0 Å². The number of likely N-dealkylation sites (tertiary alicyclic amines) is 1. The molecule has 0 bridgehead atoms. The molecule has 1 heterocycles. The summed E-state index contributed by atoms with van der Waals surface area (Å²) < 4.78 is 0. The average Bonchev–Trinajstić information content (AvgIpc) is 3.01. The molecule has 3 rings (SSSR count). The zero-order valence-electron chi connectivity index (χ0n) is 12.3. The van der Waals surface area contributed by atoms with Gasteiger partial charge in [0, 0.05) is 6.04 Å². The number of hydrogen-bond donors (Lipinski definition) is 0. The summed E-state index contributed by atoms with van der Waals surface area (Å²) in [6.07, 6.45) is 3.81. The first kappa shape index (κ1) is 13.4. The topological polar surface area (TPSA) is 3.24 Å². The molecule has 0 saturated carbocycles. The quantitative estimate of drug-likeness (QED) is 0.793. The minimum absolute atomic E-state index is 0.528. The fourth-order valence-corrected chi connectivity index (χ4v) is 3.23. The van der Waals surface area contributed by atoms with Crippen LogP contribution in [0.2, 0.25) is 0 Å². The Morgan fingerprint density at radius 1 is 0.900 bits per heavy atom. The van der Waals surface area contributed by atoms with Crippen molar-refractivity contribution in [2.75, 3.05) is 13.1 Å². The Morgan fingerprint density at radius 2 is 1.55 bits per heavy atom. The van der Waals surface area contributed by atoms with Crippen molar-refractivity contribution in [3.63, 3.8) is 0 Å². The van der Waals surface area contributed by atoms with Gasteiger partial charge in [0.05, 0.1) is 0 Å². The van der Waals surface area contributed by atoms with Crippen LogP contribution in [0.5, 0.6) is 0 Å². The summed E-state index contributed by atoms with van der Waals surface area (Å²) in [5, 5.41) is 0. The summed E-state index contributed by atoms with van der Waals surface area (Å²) in [5.74, 6) is 0. The molecule has 1 heteroatoms. The molecule has 2 aromatic carbocycles. The molecule has 1 aliphatic heterocycles. The Balaban J connectivity index is 1.88. The van der Waals surface area contributed by atoms with Crippen LogP contribution < -0.4 is 0 Å². The van der Waals surface area contributed by atoms with Crippen molar-refractivity contribution in [1.29, 1.82) is 0 Å². The van der Waals surface area contributed by atoms with Gasteiger partial charge in [-0.2, -0.15) is 0 Å². The van der Waals surface area contributed by atoms with Gasteiger partial charge < -0.3 is 0 Å². The van der Waals surface area contributed by atoms with E-state index in [4.69, 9.17) is 0 Å². The van der Waals surface area contributed by atoms with Crippen molar-refractivity contribution in [1.82, 2.24) is 4.90 Å². The molecule has 0 aliphatic carbocycles. The monoisotopic (exact) mass is 265 g/mol. The van der Waals surface area contributed by atoms with Crippen molar-refractivity contribution < 1.29 is 0 Å². The second-order valence-corrected chi connectivity index (χ2v) is 5.80. The van der Waals surface area contributed by atoms with E-state index in [-0.39, 0.29) is 0 Å². The van der Waals surface area contributed by atoms with Gasteiger partial charge in [0.1, 0.15) is 0 Å². The van der Waals surface area contributed by atoms with Crippen LogP contribution in [0.4, 0.5) is 0 Å². The summed E-state index contributed by atoms with van der Waals surface area (Å²) in [7, 11) is 0. The Morgan fingerprint density at radius 3 is 2.25 bits per heavy atom. The highest BCUT2D eigenvalue weighted by molar-refractivity contribution is 5.29. The normalized spacial score (nSPS) is 17.2. The van der Waals surface area contributed by atoms with Crippen LogP contribution in [-0.2, 0) is 6.42 Å². The maximum atomic E-state index is 2.65. The fourth-order valence-electron chi connectivity index (χ4n) is 3.23. The summed E-state index contributed by atoms with van der Waals surface area (Å²) in [5.41, 5.74) is 4.35. The molecule has 0 spiro atoms. The summed E-state index contributed by atoms with van der Waals surface area (Å²) in [6.45, 7) is 4.71. The molecule has 0 radical (unpaired) electrons. The first-order valence-corrected chi connectivity index (χ1v) is 7.68. The summed E-state index contributed by atoms with van der Waals surface area (Å²) in [4.78, 5) is 2.65. The number of aryl methyl sites for hydroxylation is 1. The van der Waals surface area contributed by atoms with Gasteiger partial charge in [0.2, 0.25) is 0 Å². The Hall–Kier alpha value is -1.60. The summed E-state index contributed by atoms with van der Waals surface area (Å²) in [6, 6.07) is 20.3. The molecule has 20 heavy (non-hydrogen) atoms. The molecule has 1 aliphatic rings. The van der Waals surface area contributed by atoms with Crippen molar-refractivity contribution in [2.24, 2.45) is 0 Å². The third-order valence-electron chi connectivity index (χ3n) is 4.44. The highest BCUT2D eigenvalue weighted by atomic mass is 15.2. The van der Waals surface area contributed by atoms with Crippen LogP contribution >= 0.6 is 0 Å². The second-order valence-electron chi connectivity index (χ2n) is 5.80. The number of rotatable bonds is 4. The fraction of sp³-hybridized carbons (Fsp3) is 0.368. The lowest BCUT2D eigenvalue weighted by Crippen LogP contribution is -2.27. The lowest BCUT2D eigenvalue weighted by atomic mass is 9.95. The highest BCUT2D eigenvalue weighted by Crippen LogP contribution is 2.29. The Bertz CT molecular complexity index is 541. The van der Waals surface area contributed by atoms with Gasteiger partial charge in [0.15, 0.2) is 0 Å². The smallest absolute Gasteiger partial charge is 0.0388 e. The van der Waals surface area contributed by atoms with E-state index in [1.54, 1.807) is 0 Å². The number of hydrogen-bond acceptors (Lipinski definition) is 1. The minimum Gasteiger partial charge on any atom is -0.296 e. The average molecular weight is 265 g/mol. The van der Waals surface area contributed by atoms with Gasteiger partial charge in [-0.15, -0.1) is 0 Å². The molecule has 0 N–H and O–H groups in total. The molecule has 104 valence electrons. The van der Waals surface area contributed by atoms with Gasteiger partial charge in [-0.05, 0) is 56.0 Å². The number of nitrogens with zero attached hydrogens (tertiary/aromatic N) is 1. The van der Waals surface area contributed by atoms with Crippen LogP contribution in [0.3, 0.4) is 0 Å². The first-order chi connectivity index (χ1) is 9.84. The summed E-state index contributed by atoms with van der Waals surface area (Å²) >= 11 is 0. The number of benzene rings is 2. The van der Waals surface area contributed by atoms with Crippen molar-refractivity contribution >= 4 is 0 Å². The zero-order chi connectivity index (χ0) is 13.8. The van der Waals surface area contributed by atoms with E-state index < -0.39 is 0 Å². The molecule has 2 aromatic rings. The Kier molecular flexibility index (Phi) is 4.17. The second kappa shape index (κ2) is 6.23. The molecular weight excluding hydrogens is 242 g/mol. The zero-order valence-corrected chi connectivity index (χ0v) is 12.3. The van der Waals surface area contributed by atoms with Crippen LogP contribution in [0, 0.1) is 6.92 Å². The molecular formula is C19H23N. The van der Waals surface area contributed by atoms with E-state index in [9.17, 15) is 0 Å². The van der Waals surface area contributed by atoms with Gasteiger partial charge in [-0.3, -0.25) is 4.90 Å². The third kappa shape index (κ3) is 2.94. The third-order valence-corrected chi connectivity index (χ3v) is 4.44. The van der Waals surface area contributed by atoms with Crippen LogP contribution in [-0.4, -0.2) is 18.0 Å². The van der Waals surface area contributed by atoms with E-state index in [0.717, 1.165) is 6.42 Å². The lowest BCUT2D eigenvalue weighted by Gasteiger charge is -2.28. The van der Waals surface area contributed by atoms with E-state index in [2.05, 4.69) is 66.4 Å². The predicted molar refractivity (Wildman–Crippen MR) is 84.9 cm³/mol. The van der Waals surface area contributed by atoms with Gasteiger partial charge in [-0.1, -0.05) is 54.6 Å². The largest absolute Gasteiger partial charge is 0.296 e. The van der Waals surface area contributed by atoms with E-state index in [0.29, 0.717) is 6.04 Å². The molecule has 1 atom stereocenters. The van der Waals surface area contributed by atoms with Gasteiger partial charge in [-0.25, -0.2) is 0 Å². The SMILES string of the molecule is Cc1ccccc1CC(c1ccccc1)N1CCCC1. The first-order valence-electron chi connectivity index (χ1n) is 7.68. The minimum atomic E-state index is 0.528. The maximum absolute atomic E-state index is 2.65. The van der Waals surface area contributed by atoms with E-state index in [1.807, 2.05) is 0 Å². The highest BCUT2D eigenvalue weighted by Gasteiger charge is 2.23. The van der Waals surface area contributed by atoms with Crippen LogP contribution in [0.1, 0.15) is 35.6 Å². The predicted octanol–water partition coefficient (Wildman–Crippen LogP) is 4.37. The molecule has 1 unspecified atom stereocenters. The lowest BCUT2D eigenvalue weighted by molar-refractivity contribution is 0.244. The van der Waals surface area contributed by atoms with Gasteiger partial charge >= 0.3 is 0 Å². The Labute approximate surface area is 122 Å². The standard InChI is InChI=1S/C19H23N/c1-16-9-5-6-12-18(16)15-19(20-13-7-8-14-20)17-10-3-2-4-11-17/h2-6,9-12,19H,7-8,13-15H2,1H3. The molecule has 1 saturated heterocycles. The molecule has 1 fully saturated rings. The maximum Gasteiger partial charge on any atom is 0.0388 e. The van der Waals surface area contributed by atoms with Crippen molar-refractivity contribution in [3.05, 3.63) is 71.3 Å². The van der Waals surface area contributed by atoms with Crippen molar-refractivity contribution in [3.8, 4) is 0 Å². The molecule has 0 aromatic heterocycles. The molecule has 0 amide bonds. The van der Waals surface area contributed by atoms with E-state index >= 15 is 0 Å². The van der Waals surface area contributed by atoms with E-state index in [1.165, 1.54) is 42.6 Å². The van der Waals surface area contributed by atoms with Crippen LogP contribution in [0.25, 0.3) is 0 Å². The van der Waals surface area contributed by atoms with Crippen molar-refractivity contribution in [2.45, 2.75) is 32.2 Å².